The summed E-state index contributed by atoms with van der Waals surface area (Å²) in [6.45, 7) is 5.57. The van der Waals surface area contributed by atoms with Crippen molar-refractivity contribution in [3.8, 4) is 5.75 Å². The van der Waals surface area contributed by atoms with Gasteiger partial charge in [0.25, 0.3) is 0 Å². The fourth-order valence-electron chi connectivity index (χ4n) is 1.76. The molecule has 0 unspecified atom stereocenters. The van der Waals surface area contributed by atoms with Gasteiger partial charge in [-0.1, -0.05) is 16.8 Å². The lowest BCUT2D eigenvalue weighted by atomic mass is 10.1. The third-order valence-corrected chi connectivity index (χ3v) is 3.35. The number of halogens is 1. The van der Waals surface area contributed by atoms with Crippen molar-refractivity contribution in [3.05, 3.63) is 40.1 Å². The zero-order chi connectivity index (χ0) is 15.4. The maximum atomic E-state index is 11.6. The smallest absolute Gasteiger partial charge is 0.323 e. The van der Waals surface area contributed by atoms with E-state index in [1.165, 1.54) is 0 Å². The minimum atomic E-state index is -0.425. The van der Waals surface area contributed by atoms with E-state index in [4.69, 9.17) is 20.9 Å². The lowest BCUT2D eigenvalue weighted by Crippen LogP contribution is -2.32. The van der Waals surface area contributed by atoms with Gasteiger partial charge in [0.1, 0.15) is 11.5 Å². The number of amides is 2. The SMILES string of the molecule is Cc1cc(NC(=O)NCOc2cc(C)c(Cl)c(C)c2)no1. The monoisotopic (exact) mass is 309 g/mol. The average molecular weight is 310 g/mol. The number of carbonyl (C=O) groups excluding carboxylic acids is 1. The highest BCUT2D eigenvalue weighted by Gasteiger charge is 2.06. The first kappa shape index (κ1) is 15.2. The van der Waals surface area contributed by atoms with E-state index in [0.29, 0.717) is 17.3 Å². The fourth-order valence-corrected chi connectivity index (χ4v) is 1.87. The minimum Gasteiger partial charge on any atom is -0.473 e. The molecule has 0 saturated heterocycles. The van der Waals surface area contributed by atoms with Gasteiger partial charge in [-0.05, 0) is 44.0 Å². The number of ether oxygens (including phenoxy) is 1. The van der Waals surface area contributed by atoms with Gasteiger partial charge in [-0.25, -0.2) is 4.79 Å². The summed E-state index contributed by atoms with van der Waals surface area (Å²) in [7, 11) is 0. The van der Waals surface area contributed by atoms with Crippen molar-refractivity contribution in [1.82, 2.24) is 10.5 Å². The molecule has 1 heterocycles. The zero-order valence-electron chi connectivity index (χ0n) is 12.0. The minimum absolute atomic E-state index is 0.0309. The number of carbonyl (C=O) groups is 1. The van der Waals surface area contributed by atoms with Gasteiger partial charge in [-0.3, -0.25) is 5.32 Å². The van der Waals surface area contributed by atoms with Crippen molar-refractivity contribution in [3.63, 3.8) is 0 Å². The number of aromatic nitrogens is 1. The van der Waals surface area contributed by atoms with Crippen LogP contribution in [0, 0.1) is 20.8 Å². The maximum Gasteiger partial charge on any atom is 0.323 e. The van der Waals surface area contributed by atoms with Crippen molar-refractivity contribution in [2.75, 3.05) is 12.0 Å². The van der Waals surface area contributed by atoms with E-state index in [2.05, 4.69) is 15.8 Å². The van der Waals surface area contributed by atoms with Gasteiger partial charge < -0.3 is 14.6 Å². The third-order valence-electron chi connectivity index (χ3n) is 2.75. The molecule has 2 aromatic rings. The molecule has 2 N–H and O–H groups in total. The number of anilines is 1. The Labute approximate surface area is 127 Å². The van der Waals surface area contributed by atoms with Crippen LogP contribution in [0.3, 0.4) is 0 Å². The molecule has 0 bridgehead atoms. The summed E-state index contributed by atoms with van der Waals surface area (Å²) in [6.07, 6.45) is 0. The van der Waals surface area contributed by atoms with E-state index in [1.807, 2.05) is 26.0 Å². The summed E-state index contributed by atoms with van der Waals surface area (Å²) in [5, 5.41) is 9.45. The van der Waals surface area contributed by atoms with Crippen molar-refractivity contribution < 1.29 is 14.1 Å². The Hall–Kier alpha value is -2.21. The number of benzene rings is 1. The molecule has 0 atom stereocenters. The van der Waals surface area contributed by atoms with Crippen molar-refractivity contribution in [1.29, 1.82) is 0 Å². The number of rotatable bonds is 4. The highest BCUT2D eigenvalue weighted by Crippen LogP contribution is 2.25. The normalized spacial score (nSPS) is 10.3. The third kappa shape index (κ3) is 4.13. The molecule has 2 rings (SSSR count). The van der Waals surface area contributed by atoms with E-state index in [0.717, 1.165) is 16.1 Å². The van der Waals surface area contributed by atoms with E-state index in [-0.39, 0.29) is 6.73 Å². The van der Waals surface area contributed by atoms with Gasteiger partial charge in [0.15, 0.2) is 12.5 Å². The molecule has 21 heavy (non-hydrogen) atoms. The largest absolute Gasteiger partial charge is 0.473 e. The van der Waals surface area contributed by atoms with E-state index >= 15 is 0 Å². The number of hydrogen-bond acceptors (Lipinski definition) is 4. The van der Waals surface area contributed by atoms with Crippen molar-refractivity contribution in [2.45, 2.75) is 20.8 Å². The predicted molar refractivity (Wildman–Crippen MR) is 79.8 cm³/mol. The molecular formula is C14H16ClN3O3. The van der Waals surface area contributed by atoms with Gasteiger partial charge >= 0.3 is 6.03 Å². The Balaban J connectivity index is 1.82. The molecule has 112 valence electrons. The molecular weight excluding hydrogens is 294 g/mol. The summed E-state index contributed by atoms with van der Waals surface area (Å²) in [4.78, 5) is 11.6. The van der Waals surface area contributed by atoms with Crippen LogP contribution >= 0.6 is 11.6 Å². The summed E-state index contributed by atoms with van der Waals surface area (Å²) < 4.78 is 10.3. The van der Waals surface area contributed by atoms with E-state index < -0.39 is 6.03 Å². The molecule has 0 aliphatic rings. The van der Waals surface area contributed by atoms with Crippen LogP contribution in [0.2, 0.25) is 5.02 Å². The highest BCUT2D eigenvalue weighted by atomic mass is 35.5. The first-order valence-electron chi connectivity index (χ1n) is 6.33. The lowest BCUT2D eigenvalue weighted by molar-refractivity contribution is 0.234. The summed E-state index contributed by atoms with van der Waals surface area (Å²) in [5.41, 5.74) is 1.85. The molecule has 7 heteroatoms. The van der Waals surface area contributed by atoms with Crippen LogP contribution in [-0.4, -0.2) is 17.9 Å². The predicted octanol–water partition coefficient (Wildman–Crippen LogP) is 3.41. The Bertz CT molecular complexity index is 632. The van der Waals surface area contributed by atoms with Gasteiger partial charge in [0.05, 0.1) is 0 Å². The number of aryl methyl sites for hydroxylation is 3. The molecule has 0 aliphatic heterocycles. The molecule has 0 spiro atoms. The molecule has 6 nitrogen and oxygen atoms in total. The Morgan fingerprint density at radius 3 is 2.52 bits per heavy atom. The first-order chi connectivity index (χ1) is 9.95. The Kier molecular flexibility index (Phi) is 4.70. The van der Waals surface area contributed by atoms with Crippen LogP contribution in [0.5, 0.6) is 5.75 Å². The topological polar surface area (TPSA) is 76.4 Å². The number of nitrogens with one attached hydrogen (secondary N) is 2. The van der Waals surface area contributed by atoms with Crippen LogP contribution in [0.15, 0.2) is 22.7 Å². The lowest BCUT2D eigenvalue weighted by Gasteiger charge is -2.10. The first-order valence-corrected chi connectivity index (χ1v) is 6.71. The van der Waals surface area contributed by atoms with E-state index in [1.54, 1.807) is 13.0 Å². The average Bonchev–Trinajstić information content (AvgIpc) is 2.81. The summed E-state index contributed by atoms with van der Waals surface area (Å²) in [5.74, 6) is 1.61. The molecule has 2 amide bonds. The summed E-state index contributed by atoms with van der Waals surface area (Å²) in [6, 6.07) is 4.82. The number of urea groups is 1. The van der Waals surface area contributed by atoms with Crippen molar-refractivity contribution in [2.24, 2.45) is 0 Å². The standard InChI is InChI=1S/C14H16ClN3O3/c1-8-4-11(5-9(2)13(8)15)20-7-16-14(19)17-12-6-10(3)21-18-12/h4-6H,7H2,1-3H3,(H2,16,17,18,19). The second kappa shape index (κ2) is 6.49. The highest BCUT2D eigenvalue weighted by molar-refractivity contribution is 6.32. The molecule has 1 aromatic heterocycles. The summed E-state index contributed by atoms with van der Waals surface area (Å²) >= 11 is 6.08. The molecule has 0 saturated carbocycles. The van der Waals surface area contributed by atoms with Crippen LogP contribution in [0.4, 0.5) is 10.6 Å². The Morgan fingerprint density at radius 1 is 1.29 bits per heavy atom. The van der Waals surface area contributed by atoms with Gasteiger partial charge in [-0.2, -0.15) is 0 Å². The number of hydrogen-bond donors (Lipinski definition) is 2. The van der Waals surface area contributed by atoms with Crippen molar-refractivity contribution >= 4 is 23.4 Å². The van der Waals surface area contributed by atoms with Crippen LogP contribution in [-0.2, 0) is 0 Å². The quantitative estimate of drug-likeness (QED) is 0.849. The van der Waals surface area contributed by atoms with Gasteiger partial charge in [0.2, 0.25) is 0 Å². The molecule has 0 aliphatic carbocycles. The second-order valence-electron chi connectivity index (χ2n) is 4.61. The molecule has 0 radical (unpaired) electrons. The number of nitrogens with zero attached hydrogens (tertiary/aromatic N) is 1. The van der Waals surface area contributed by atoms with Crippen LogP contribution in [0.25, 0.3) is 0 Å². The fraction of sp³-hybridized carbons (Fsp3) is 0.286. The van der Waals surface area contributed by atoms with E-state index in [9.17, 15) is 4.79 Å². The maximum absolute atomic E-state index is 11.6. The van der Waals surface area contributed by atoms with Crippen LogP contribution < -0.4 is 15.4 Å². The Morgan fingerprint density at radius 2 is 1.95 bits per heavy atom. The van der Waals surface area contributed by atoms with Gasteiger partial charge in [0, 0.05) is 11.1 Å². The molecule has 1 aromatic carbocycles. The zero-order valence-corrected chi connectivity index (χ0v) is 12.7. The molecule has 0 fully saturated rings. The van der Waals surface area contributed by atoms with Crippen LogP contribution in [0.1, 0.15) is 16.9 Å². The second-order valence-corrected chi connectivity index (χ2v) is 4.99. The van der Waals surface area contributed by atoms with Gasteiger partial charge in [-0.15, -0.1) is 0 Å².